The summed E-state index contributed by atoms with van der Waals surface area (Å²) in [7, 11) is 0. The lowest BCUT2D eigenvalue weighted by Crippen LogP contribution is -2.63. The highest BCUT2D eigenvalue weighted by Crippen LogP contribution is 2.75. The van der Waals surface area contributed by atoms with Gasteiger partial charge in [-0.25, -0.2) is 0 Å². The topological polar surface area (TPSA) is 0 Å². The maximum Gasteiger partial charge on any atom is -0.00565 e. The van der Waals surface area contributed by atoms with Gasteiger partial charge in [0.15, 0.2) is 0 Å². The molecule has 0 heterocycles. The van der Waals surface area contributed by atoms with Crippen molar-refractivity contribution >= 4 is 0 Å². The fourth-order valence-corrected chi connectivity index (χ4v) is 11.1. The van der Waals surface area contributed by atoms with Crippen molar-refractivity contribution in [1.82, 2.24) is 0 Å². The summed E-state index contributed by atoms with van der Waals surface area (Å²) >= 11 is 0. The third-order valence-electron chi connectivity index (χ3n) is 13.1. The summed E-state index contributed by atoms with van der Waals surface area (Å²) in [5.74, 6) is 4.44. The number of fused-ring (bicyclic) bond motifs is 7. The Hall–Kier alpha value is -0.260. The van der Waals surface area contributed by atoms with E-state index >= 15 is 0 Å². The fourth-order valence-electron chi connectivity index (χ4n) is 11.1. The summed E-state index contributed by atoms with van der Waals surface area (Å²) in [6, 6.07) is 0. The number of rotatable bonds is 0. The maximum atomic E-state index is 2.83. The monoisotopic (exact) mass is 410 g/mol. The lowest BCUT2D eigenvalue weighted by molar-refractivity contribution is -0.180. The Labute approximate surface area is 188 Å². The van der Waals surface area contributed by atoms with Gasteiger partial charge in [0.2, 0.25) is 0 Å². The molecule has 0 aromatic heterocycles. The first-order chi connectivity index (χ1) is 13.9. The Balaban J connectivity index is 1.59. The molecule has 0 unspecified atom stereocenters. The Morgan fingerprint density at radius 3 is 2.27 bits per heavy atom. The van der Waals surface area contributed by atoms with Gasteiger partial charge in [-0.3, -0.25) is 0 Å². The lowest BCUT2D eigenvalue weighted by Gasteiger charge is -2.71. The Morgan fingerprint density at radius 1 is 0.800 bits per heavy atom. The molecule has 4 fully saturated rings. The molecule has 170 valence electrons. The van der Waals surface area contributed by atoms with Crippen molar-refractivity contribution in [3.05, 3.63) is 11.6 Å². The molecule has 0 aromatic carbocycles. The maximum absolute atomic E-state index is 2.83. The van der Waals surface area contributed by atoms with Crippen molar-refractivity contribution in [1.29, 1.82) is 0 Å². The van der Waals surface area contributed by atoms with Crippen LogP contribution in [0.3, 0.4) is 0 Å². The van der Waals surface area contributed by atoms with Crippen LogP contribution in [-0.4, -0.2) is 0 Å². The Bertz CT molecular complexity index is 743. The number of allylic oxidation sites excluding steroid dienone is 2. The first kappa shape index (κ1) is 21.6. The second-order valence-electron chi connectivity index (χ2n) is 14.6. The van der Waals surface area contributed by atoms with Gasteiger partial charge in [0.1, 0.15) is 0 Å². The summed E-state index contributed by atoms with van der Waals surface area (Å²) in [5.41, 5.74) is 4.52. The van der Waals surface area contributed by atoms with Crippen molar-refractivity contribution < 1.29 is 0 Å². The molecule has 0 nitrogen and oxygen atoms in total. The van der Waals surface area contributed by atoms with E-state index in [4.69, 9.17) is 0 Å². The van der Waals surface area contributed by atoms with Crippen molar-refractivity contribution in [2.24, 2.45) is 56.7 Å². The predicted octanol–water partition coefficient (Wildman–Crippen LogP) is 9.05. The van der Waals surface area contributed by atoms with E-state index in [0.29, 0.717) is 27.1 Å². The van der Waals surface area contributed by atoms with Crippen LogP contribution in [0.2, 0.25) is 0 Å². The highest BCUT2D eigenvalue weighted by Gasteiger charge is 2.67. The molecule has 0 N–H and O–H groups in total. The molecule has 0 aliphatic heterocycles. The van der Waals surface area contributed by atoms with E-state index in [9.17, 15) is 0 Å². The highest BCUT2D eigenvalue weighted by atomic mass is 14.7. The van der Waals surface area contributed by atoms with Gasteiger partial charge in [0.05, 0.1) is 0 Å². The van der Waals surface area contributed by atoms with Crippen LogP contribution in [0.5, 0.6) is 0 Å². The van der Waals surface area contributed by atoms with Crippen molar-refractivity contribution in [3.8, 4) is 0 Å². The van der Waals surface area contributed by atoms with Crippen LogP contribution in [0.4, 0.5) is 0 Å². The molecule has 5 aliphatic carbocycles. The highest BCUT2D eigenvalue weighted by molar-refractivity contribution is 5.33. The van der Waals surface area contributed by atoms with Gasteiger partial charge < -0.3 is 0 Å². The van der Waals surface area contributed by atoms with Crippen molar-refractivity contribution in [3.63, 3.8) is 0 Å². The van der Waals surface area contributed by atoms with E-state index in [-0.39, 0.29) is 0 Å². The second-order valence-corrected chi connectivity index (χ2v) is 14.6. The molecule has 30 heavy (non-hydrogen) atoms. The molecule has 0 aromatic rings. The van der Waals surface area contributed by atoms with Gasteiger partial charge in [-0.2, -0.15) is 0 Å². The zero-order valence-corrected chi connectivity index (χ0v) is 21.5. The minimum absolute atomic E-state index is 0.432. The van der Waals surface area contributed by atoms with Crippen LogP contribution in [-0.2, 0) is 0 Å². The third kappa shape index (κ3) is 2.52. The Kier molecular flexibility index (Phi) is 4.61. The van der Waals surface area contributed by atoms with E-state index in [0.717, 1.165) is 29.6 Å². The van der Waals surface area contributed by atoms with Crippen molar-refractivity contribution in [2.75, 3.05) is 0 Å². The van der Waals surface area contributed by atoms with Gasteiger partial charge in [0, 0.05) is 0 Å². The number of hydrogen-bond acceptors (Lipinski definition) is 0. The Morgan fingerprint density at radius 2 is 1.53 bits per heavy atom. The first-order valence-electron chi connectivity index (χ1n) is 13.6. The molecule has 4 saturated carbocycles. The predicted molar refractivity (Wildman–Crippen MR) is 129 cm³/mol. The molecule has 0 spiro atoms. The van der Waals surface area contributed by atoms with Crippen LogP contribution in [0.15, 0.2) is 11.6 Å². The molecular weight excluding hydrogens is 360 g/mol. The van der Waals surface area contributed by atoms with Crippen LogP contribution in [0, 0.1) is 56.7 Å². The largest absolute Gasteiger partial charge is 0.0841 e. The quantitative estimate of drug-likeness (QED) is 0.349. The molecule has 0 bridgehead atoms. The fraction of sp³-hybridized carbons (Fsp3) is 0.933. The normalized spacial score (nSPS) is 57.3. The molecule has 5 aliphatic rings. The summed E-state index contributed by atoms with van der Waals surface area (Å²) in [5, 5.41) is 0. The molecule has 0 heteroatoms. The number of hydrogen-bond donors (Lipinski definition) is 0. The standard InChI is InChI=1S/C30H50/c1-20-12-16-27(5)18-19-29(7)23-10-11-24-26(3,4)14-9-15-28(24,6)22(23)13-17-30(29,8)25(27)21(20)2/h10,20-22,24-25H,9,11-19H2,1-8H3/t20-,21+,22+,24+,25-,27-,28-,29-,30+/m1/s1. The zero-order valence-electron chi connectivity index (χ0n) is 21.5. The average molecular weight is 411 g/mol. The zero-order chi connectivity index (χ0) is 21.7. The van der Waals surface area contributed by atoms with Gasteiger partial charge in [-0.15, -0.1) is 0 Å². The lowest BCUT2D eigenvalue weighted by atomic mass is 9.33. The average Bonchev–Trinajstić information content (AvgIpc) is 2.66. The summed E-state index contributed by atoms with van der Waals surface area (Å²) in [4.78, 5) is 0. The minimum Gasteiger partial charge on any atom is -0.0841 e. The van der Waals surface area contributed by atoms with E-state index in [1.165, 1.54) is 64.2 Å². The minimum atomic E-state index is 0.432. The summed E-state index contributed by atoms with van der Waals surface area (Å²) in [6.45, 7) is 21.3. The van der Waals surface area contributed by atoms with Crippen LogP contribution < -0.4 is 0 Å². The molecule has 0 radical (unpaired) electrons. The van der Waals surface area contributed by atoms with Crippen molar-refractivity contribution in [2.45, 2.75) is 120 Å². The second kappa shape index (κ2) is 6.41. The van der Waals surface area contributed by atoms with Gasteiger partial charge in [-0.1, -0.05) is 73.5 Å². The summed E-state index contributed by atoms with van der Waals surface area (Å²) in [6.07, 6.45) is 17.4. The van der Waals surface area contributed by atoms with Crippen LogP contribution in [0.1, 0.15) is 120 Å². The van der Waals surface area contributed by atoms with E-state index in [1.807, 2.05) is 5.57 Å². The smallest absolute Gasteiger partial charge is 0.00565 e. The molecule has 0 amide bonds. The molecule has 5 rings (SSSR count). The van der Waals surface area contributed by atoms with Crippen LogP contribution in [0.25, 0.3) is 0 Å². The van der Waals surface area contributed by atoms with Gasteiger partial charge in [-0.05, 0) is 114 Å². The first-order valence-corrected chi connectivity index (χ1v) is 13.6. The van der Waals surface area contributed by atoms with Gasteiger partial charge >= 0.3 is 0 Å². The van der Waals surface area contributed by atoms with Gasteiger partial charge in [0.25, 0.3) is 0 Å². The molecule has 0 saturated heterocycles. The van der Waals surface area contributed by atoms with E-state index < -0.39 is 0 Å². The SMILES string of the molecule is C[C@H]1[C@H](C)CC[C@]2(C)CC[C@]3(C)C4=CC[C@H]5C(C)(C)CCC[C@]5(C)[C@H]4CC[C@@]3(C)[C@H]12. The molecule has 9 atom stereocenters. The summed E-state index contributed by atoms with van der Waals surface area (Å²) < 4.78 is 0. The third-order valence-corrected chi connectivity index (χ3v) is 13.1. The van der Waals surface area contributed by atoms with E-state index in [2.05, 4.69) is 61.5 Å². The van der Waals surface area contributed by atoms with Crippen LogP contribution >= 0.6 is 0 Å². The molecular formula is C30H50. The van der Waals surface area contributed by atoms with E-state index in [1.54, 1.807) is 0 Å².